The van der Waals surface area contributed by atoms with Crippen LogP contribution >= 0.6 is 0 Å². The molecule has 4 heteroatoms. The minimum atomic E-state index is 0.921. The number of anilines is 3. The molecule has 0 saturated carbocycles. The summed E-state index contributed by atoms with van der Waals surface area (Å²) < 4.78 is 0. The van der Waals surface area contributed by atoms with Crippen molar-refractivity contribution in [3.63, 3.8) is 0 Å². The Hall–Kier alpha value is -1.42. The van der Waals surface area contributed by atoms with Gasteiger partial charge in [0.25, 0.3) is 0 Å². The lowest BCUT2D eigenvalue weighted by molar-refractivity contribution is 0.313. The topological polar surface area (TPSA) is 35.7 Å². The predicted octanol–water partition coefficient (Wildman–Crippen LogP) is 2.01. The Morgan fingerprint density at radius 1 is 0.850 bits per heavy atom. The molecule has 0 spiro atoms. The maximum Gasteiger partial charge on any atom is 0.0620 e. The largest absolute Gasteiger partial charge is 0.397 e. The van der Waals surface area contributed by atoms with E-state index in [9.17, 15) is 0 Å². The third-order valence-electron chi connectivity index (χ3n) is 4.58. The Morgan fingerprint density at radius 3 is 2.25 bits per heavy atom. The van der Waals surface area contributed by atoms with Crippen molar-refractivity contribution in [3.05, 3.63) is 18.2 Å². The minimum absolute atomic E-state index is 0.921. The molecule has 2 aliphatic heterocycles. The quantitative estimate of drug-likeness (QED) is 0.837. The molecule has 0 aliphatic carbocycles. The van der Waals surface area contributed by atoms with E-state index in [-0.39, 0.29) is 0 Å². The van der Waals surface area contributed by atoms with E-state index >= 15 is 0 Å². The molecule has 0 unspecified atom stereocenters. The molecule has 2 aliphatic rings. The second-order valence-electron chi connectivity index (χ2n) is 6.08. The zero-order chi connectivity index (χ0) is 13.9. The van der Waals surface area contributed by atoms with Crippen molar-refractivity contribution in [3.8, 4) is 0 Å². The number of nitrogen functional groups attached to an aromatic ring is 1. The SMILES string of the molecule is CN1CCN(c2ccc(N)c(N3CCCCC3)c2)CC1. The van der Waals surface area contributed by atoms with Crippen molar-refractivity contribution in [2.75, 3.05) is 61.8 Å². The fourth-order valence-electron chi connectivity index (χ4n) is 3.20. The Labute approximate surface area is 122 Å². The van der Waals surface area contributed by atoms with E-state index in [1.165, 1.54) is 30.6 Å². The fourth-order valence-corrected chi connectivity index (χ4v) is 3.20. The number of hydrogen-bond donors (Lipinski definition) is 1. The number of piperidine rings is 1. The molecule has 1 aromatic carbocycles. The number of nitrogens with two attached hydrogens (primary N) is 1. The highest BCUT2D eigenvalue weighted by molar-refractivity contribution is 5.73. The number of likely N-dealkylation sites (N-methyl/N-ethyl adjacent to an activating group) is 1. The van der Waals surface area contributed by atoms with Crippen molar-refractivity contribution in [1.29, 1.82) is 0 Å². The van der Waals surface area contributed by atoms with E-state index in [0.29, 0.717) is 0 Å². The molecule has 0 aromatic heterocycles. The van der Waals surface area contributed by atoms with Crippen LogP contribution in [0.25, 0.3) is 0 Å². The van der Waals surface area contributed by atoms with E-state index in [2.05, 4.69) is 39.9 Å². The van der Waals surface area contributed by atoms with Crippen molar-refractivity contribution in [2.24, 2.45) is 0 Å². The molecule has 2 saturated heterocycles. The van der Waals surface area contributed by atoms with Gasteiger partial charge in [0.2, 0.25) is 0 Å². The summed E-state index contributed by atoms with van der Waals surface area (Å²) in [5.74, 6) is 0. The smallest absolute Gasteiger partial charge is 0.0620 e. The van der Waals surface area contributed by atoms with E-state index in [4.69, 9.17) is 5.73 Å². The molecule has 20 heavy (non-hydrogen) atoms. The first-order valence-electron chi connectivity index (χ1n) is 7.82. The van der Waals surface area contributed by atoms with Crippen molar-refractivity contribution in [2.45, 2.75) is 19.3 Å². The normalized spacial score (nSPS) is 21.2. The van der Waals surface area contributed by atoms with Crippen LogP contribution in [0, 0.1) is 0 Å². The van der Waals surface area contributed by atoms with E-state index in [0.717, 1.165) is 45.0 Å². The molecular formula is C16H26N4. The molecule has 2 N–H and O–H groups in total. The summed E-state index contributed by atoms with van der Waals surface area (Å²) in [6.07, 6.45) is 3.94. The average molecular weight is 274 g/mol. The summed E-state index contributed by atoms with van der Waals surface area (Å²) in [5, 5.41) is 0. The predicted molar refractivity (Wildman–Crippen MR) is 86.6 cm³/mol. The lowest BCUT2D eigenvalue weighted by Gasteiger charge is -2.35. The van der Waals surface area contributed by atoms with Crippen LogP contribution in [0.1, 0.15) is 19.3 Å². The van der Waals surface area contributed by atoms with Gasteiger partial charge in [0.15, 0.2) is 0 Å². The van der Waals surface area contributed by atoms with Gasteiger partial charge in [-0.25, -0.2) is 0 Å². The molecule has 0 atom stereocenters. The minimum Gasteiger partial charge on any atom is -0.397 e. The van der Waals surface area contributed by atoms with Crippen LogP contribution in [-0.4, -0.2) is 51.2 Å². The number of nitrogens with zero attached hydrogens (tertiary/aromatic N) is 3. The van der Waals surface area contributed by atoms with Crippen molar-refractivity contribution >= 4 is 17.1 Å². The molecule has 0 amide bonds. The summed E-state index contributed by atoms with van der Waals surface area (Å²) in [4.78, 5) is 7.32. The highest BCUT2D eigenvalue weighted by Gasteiger charge is 2.18. The molecule has 4 nitrogen and oxygen atoms in total. The second-order valence-corrected chi connectivity index (χ2v) is 6.08. The molecular weight excluding hydrogens is 248 g/mol. The summed E-state index contributed by atoms with van der Waals surface area (Å²) in [6, 6.07) is 6.55. The highest BCUT2D eigenvalue weighted by Crippen LogP contribution is 2.31. The zero-order valence-corrected chi connectivity index (χ0v) is 12.5. The maximum atomic E-state index is 6.20. The number of benzene rings is 1. The fraction of sp³-hybridized carbons (Fsp3) is 0.625. The number of hydrogen-bond acceptors (Lipinski definition) is 4. The summed E-state index contributed by atoms with van der Waals surface area (Å²) >= 11 is 0. The first kappa shape index (κ1) is 13.6. The van der Waals surface area contributed by atoms with Gasteiger partial charge in [-0.2, -0.15) is 0 Å². The summed E-state index contributed by atoms with van der Waals surface area (Å²) in [7, 11) is 2.19. The summed E-state index contributed by atoms with van der Waals surface area (Å²) in [5.41, 5.74) is 9.69. The third kappa shape index (κ3) is 2.85. The Balaban J connectivity index is 1.79. The van der Waals surface area contributed by atoms with E-state index in [1.54, 1.807) is 0 Å². The lowest BCUT2D eigenvalue weighted by atomic mass is 10.1. The maximum absolute atomic E-state index is 6.20. The molecule has 0 bridgehead atoms. The molecule has 0 radical (unpaired) electrons. The van der Waals surface area contributed by atoms with Gasteiger partial charge < -0.3 is 20.4 Å². The van der Waals surface area contributed by atoms with Crippen LogP contribution in [0.15, 0.2) is 18.2 Å². The van der Waals surface area contributed by atoms with Crippen LogP contribution in [0.4, 0.5) is 17.1 Å². The molecule has 110 valence electrons. The molecule has 2 heterocycles. The number of rotatable bonds is 2. The van der Waals surface area contributed by atoms with Crippen LogP contribution in [-0.2, 0) is 0 Å². The second kappa shape index (κ2) is 5.92. The number of piperazine rings is 1. The van der Waals surface area contributed by atoms with Crippen molar-refractivity contribution < 1.29 is 0 Å². The van der Waals surface area contributed by atoms with E-state index < -0.39 is 0 Å². The van der Waals surface area contributed by atoms with Gasteiger partial charge >= 0.3 is 0 Å². The van der Waals surface area contributed by atoms with Gasteiger partial charge in [0.05, 0.1) is 11.4 Å². The van der Waals surface area contributed by atoms with Gasteiger partial charge in [-0.1, -0.05) is 0 Å². The summed E-state index contributed by atoms with van der Waals surface area (Å²) in [6.45, 7) is 6.80. The van der Waals surface area contributed by atoms with Crippen LogP contribution in [0.3, 0.4) is 0 Å². The molecule has 3 rings (SSSR count). The van der Waals surface area contributed by atoms with Gasteiger partial charge in [-0.15, -0.1) is 0 Å². The van der Waals surface area contributed by atoms with Gasteiger partial charge in [0.1, 0.15) is 0 Å². The Bertz CT molecular complexity index is 446. The van der Waals surface area contributed by atoms with Gasteiger partial charge in [-0.3, -0.25) is 0 Å². The zero-order valence-electron chi connectivity index (χ0n) is 12.5. The standard InChI is InChI=1S/C16H26N4/c1-18-9-11-19(12-10-18)14-5-6-15(17)16(13-14)20-7-3-2-4-8-20/h5-6,13H,2-4,7-12,17H2,1H3. The molecule has 2 fully saturated rings. The first-order valence-corrected chi connectivity index (χ1v) is 7.82. The average Bonchev–Trinajstić information content (AvgIpc) is 2.50. The van der Waals surface area contributed by atoms with Gasteiger partial charge in [0, 0.05) is 45.0 Å². The third-order valence-corrected chi connectivity index (χ3v) is 4.58. The Kier molecular flexibility index (Phi) is 4.01. The van der Waals surface area contributed by atoms with Crippen LogP contribution in [0.5, 0.6) is 0 Å². The van der Waals surface area contributed by atoms with Crippen LogP contribution in [0.2, 0.25) is 0 Å². The van der Waals surface area contributed by atoms with Crippen LogP contribution < -0.4 is 15.5 Å². The van der Waals surface area contributed by atoms with E-state index in [1.807, 2.05) is 0 Å². The monoisotopic (exact) mass is 274 g/mol. The first-order chi connectivity index (χ1) is 9.74. The van der Waals surface area contributed by atoms with Gasteiger partial charge in [-0.05, 0) is 44.5 Å². The highest BCUT2D eigenvalue weighted by atomic mass is 15.2. The molecule has 1 aromatic rings. The van der Waals surface area contributed by atoms with Crippen molar-refractivity contribution in [1.82, 2.24) is 4.90 Å². The Morgan fingerprint density at radius 2 is 1.55 bits per heavy atom. The lowest BCUT2D eigenvalue weighted by Crippen LogP contribution is -2.44.